The maximum atomic E-state index is 12.5. The van der Waals surface area contributed by atoms with E-state index in [1.807, 2.05) is 0 Å². The summed E-state index contributed by atoms with van der Waals surface area (Å²) in [4.78, 5) is 3.99. The lowest BCUT2D eigenvalue weighted by atomic mass is 10.2. The highest BCUT2D eigenvalue weighted by Gasteiger charge is 1.98. The number of nitrogens with one attached hydrogen (secondary N) is 1. The number of hydrogen-bond donors (Lipinski definition) is 1. The lowest BCUT2D eigenvalue weighted by molar-refractivity contribution is 0.627. The highest BCUT2D eigenvalue weighted by molar-refractivity contribution is 5.98. The smallest absolute Gasteiger partial charge is 0.127 e. The first-order chi connectivity index (χ1) is 5.77. The minimum absolute atomic E-state index is 0.231. The lowest BCUT2D eigenvalue weighted by Crippen LogP contribution is -2.19. The van der Waals surface area contributed by atoms with Crippen LogP contribution >= 0.6 is 0 Å². The highest BCUT2D eigenvalue weighted by atomic mass is 19.1. The first-order valence-corrected chi connectivity index (χ1v) is 3.68. The molecule has 0 amide bonds. The summed E-state index contributed by atoms with van der Waals surface area (Å²) in [7, 11) is 3.47. The van der Waals surface area contributed by atoms with Gasteiger partial charge in [0.05, 0.1) is 0 Å². The molecule has 1 N–H and O–H groups in total. The van der Waals surface area contributed by atoms with Crippen LogP contribution in [0.5, 0.6) is 0 Å². The maximum absolute atomic E-state index is 12.5. The average molecular weight is 166 g/mol. The van der Waals surface area contributed by atoms with Gasteiger partial charge >= 0.3 is 0 Å². The summed E-state index contributed by atoms with van der Waals surface area (Å²) in [5.41, 5.74) is 0.890. The zero-order valence-corrected chi connectivity index (χ0v) is 7.13. The lowest BCUT2D eigenvalue weighted by Gasteiger charge is -2.03. The van der Waals surface area contributed by atoms with Crippen LogP contribution in [0.4, 0.5) is 4.39 Å². The van der Waals surface area contributed by atoms with E-state index in [0.717, 1.165) is 11.4 Å². The molecule has 2 nitrogen and oxygen atoms in total. The predicted octanol–water partition coefficient (Wildman–Crippen LogP) is 1.42. The summed E-state index contributed by atoms with van der Waals surface area (Å²) < 4.78 is 12.5. The molecule has 0 bridgehead atoms. The molecule has 3 heteroatoms. The molecule has 0 atom stereocenters. The third kappa shape index (κ3) is 1.81. The third-order valence-electron chi connectivity index (χ3n) is 1.58. The number of aliphatic imine (C=N–C) groups is 1. The van der Waals surface area contributed by atoms with E-state index in [9.17, 15) is 4.39 Å². The van der Waals surface area contributed by atoms with Crippen LogP contribution < -0.4 is 5.32 Å². The number of amidine groups is 1. The summed E-state index contributed by atoms with van der Waals surface area (Å²) in [6.45, 7) is 0. The van der Waals surface area contributed by atoms with Crippen LogP contribution in [0.25, 0.3) is 0 Å². The normalized spacial score (nSPS) is 11.4. The molecule has 0 heterocycles. The molecular weight excluding hydrogens is 155 g/mol. The Labute approximate surface area is 71.1 Å². The molecule has 1 aromatic carbocycles. The van der Waals surface area contributed by atoms with Gasteiger partial charge in [0.25, 0.3) is 0 Å². The van der Waals surface area contributed by atoms with Crippen molar-refractivity contribution in [3.63, 3.8) is 0 Å². The maximum Gasteiger partial charge on any atom is 0.127 e. The standard InChI is InChI=1S/C9H11FN2/c1-11-9(12-2)7-3-5-8(10)6-4-7/h3-6H,1-2H3,(H,11,12). The number of hydrogen-bond acceptors (Lipinski definition) is 1. The molecule has 1 rings (SSSR count). The van der Waals surface area contributed by atoms with E-state index in [1.54, 1.807) is 26.2 Å². The second-order valence-electron chi connectivity index (χ2n) is 2.33. The van der Waals surface area contributed by atoms with Gasteiger partial charge in [-0.25, -0.2) is 4.39 Å². The largest absolute Gasteiger partial charge is 0.373 e. The van der Waals surface area contributed by atoms with Gasteiger partial charge in [-0.05, 0) is 24.3 Å². The van der Waals surface area contributed by atoms with E-state index in [0.29, 0.717) is 0 Å². The van der Waals surface area contributed by atoms with Gasteiger partial charge in [0.1, 0.15) is 11.7 Å². The summed E-state index contributed by atoms with van der Waals surface area (Å²) in [6, 6.07) is 6.21. The summed E-state index contributed by atoms with van der Waals surface area (Å²) >= 11 is 0. The van der Waals surface area contributed by atoms with Gasteiger partial charge in [-0.3, -0.25) is 4.99 Å². The zero-order chi connectivity index (χ0) is 8.97. The van der Waals surface area contributed by atoms with Crippen molar-refractivity contribution in [3.05, 3.63) is 35.6 Å². The molecule has 0 unspecified atom stereocenters. The topological polar surface area (TPSA) is 24.4 Å². The van der Waals surface area contributed by atoms with E-state index in [1.165, 1.54) is 12.1 Å². The van der Waals surface area contributed by atoms with Crippen molar-refractivity contribution in [2.45, 2.75) is 0 Å². The molecule has 64 valence electrons. The quantitative estimate of drug-likeness (QED) is 0.495. The van der Waals surface area contributed by atoms with Crippen molar-refractivity contribution < 1.29 is 4.39 Å². The van der Waals surface area contributed by atoms with E-state index in [2.05, 4.69) is 10.3 Å². The van der Waals surface area contributed by atoms with Crippen LogP contribution in [-0.4, -0.2) is 19.9 Å². The SMILES string of the molecule is CN=C(NC)c1ccc(F)cc1. The summed E-state index contributed by atoms with van der Waals surface area (Å²) in [5.74, 6) is 0.528. The van der Waals surface area contributed by atoms with Gasteiger partial charge in [-0.1, -0.05) is 0 Å². The van der Waals surface area contributed by atoms with E-state index in [4.69, 9.17) is 0 Å². The molecule has 0 radical (unpaired) electrons. The van der Waals surface area contributed by atoms with Crippen molar-refractivity contribution in [1.29, 1.82) is 0 Å². The van der Waals surface area contributed by atoms with Crippen molar-refractivity contribution in [2.75, 3.05) is 14.1 Å². The van der Waals surface area contributed by atoms with Gasteiger partial charge in [0, 0.05) is 19.7 Å². The fourth-order valence-corrected chi connectivity index (χ4v) is 0.993. The Balaban J connectivity index is 2.96. The first kappa shape index (κ1) is 8.71. The van der Waals surface area contributed by atoms with Gasteiger partial charge in [0.2, 0.25) is 0 Å². The molecule has 0 aliphatic carbocycles. The summed E-state index contributed by atoms with van der Waals surface area (Å²) in [5, 5.41) is 2.92. The van der Waals surface area contributed by atoms with E-state index in [-0.39, 0.29) is 5.82 Å². The Morgan fingerprint density at radius 3 is 2.33 bits per heavy atom. The van der Waals surface area contributed by atoms with Gasteiger partial charge in [-0.2, -0.15) is 0 Å². The van der Waals surface area contributed by atoms with Crippen LogP contribution in [0.1, 0.15) is 5.56 Å². The van der Waals surface area contributed by atoms with E-state index >= 15 is 0 Å². The molecule has 0 aromatic heterocycles. The van der Waals surface area contributed by atoms with Crippen LogP contribution in [0.3, 0.4) is 0 Å². The van der Waals surface area contributed by atoms with Crippen molar-refractivity contribution in [1.82, 2.24) is 5.32 Å². The molecule has 0 spiro atoms. The van der Waals surface area contributed by atoms with Crippen LogP contribution in [0.2, 0.25) is 0 Å². The Bertz CT molecular complexity index is 277. The molecule has 0 saturated heterocycles. The van der Waals surface area contributed by atoms with Crippen molar-refractivity contribution >= 4 is 5.84 Å². The minimum Gasteiger partial charge on any atom is -0.373 e. The fourth-order valence-electron chi connectivity index (χ4n) is 0.993. The molecule has 0 fully saturated rings. The van der Waals surface area contributed by atoms with Gasteiger partial charge < -0.3 is 5.32 Å². The van der Waals surface area contributed by atoms with Crippen molar-refractivity contribution in [3.8, 4) is 0 Å². The Kier molecular flexibility index (Phi) is 2.80. The Hall–Kier alpha value is -1.38. The third-order valence-corrected chi connectivity index (χ3v) is 1.58. The molecule has 1 aromatic rings. The van der Waals surface area contributed by atoms with Crippen LogP contribution in [-0.2, 0) is 0 Å². The Morgan fingerprint density at radius 1 is 1.33 bits per heavy atom. The summed E-state index contributed by atoms with van der Waals surface area (Å²) in [6.07, 6.45) is 0. The molecule has 12 heavy (non-hydrogen) atoms. The molecule has 0 aliphatic rings. The van der Waals surface area contributed by atoms with Crippen LogP contribution in [0.15, 0.2) is 29.3 Å². The number of benzene rings is 1. The molecule has 0 saturated carbocycles. The molecular formula is C9H11FN2. The van der Waals surface area contributed by atoms with Crippen molar-refractivity contribution in [2.24, 2.45) is 4.99 Å². The monoisotopic (exact) mass is 166 g/mol. The number of halogens is 1. The minimum atomic E-state index is -0.231. The second kappa shape index (κ2) is 3.85. The molecule has 0 aliphatic heterocycles. The number of nitrogens with zero attached hydrogens (tertiary/aromatic N) is 1. The van der Waals surface area contributed by atoms with Crippen LogP contribution in [0, 0.1) is 5.82 Å². The zero-order valence-electron chi connectivity index (χ0n) is 7.13. The fraction of sp³-hybridized carbons (Fsp3) is 0.222. The van der Waals surface area contributed by atoms with Gasteiger partial charge in [0.15, 0.2) is 0 Å². The highest BCUT2D eigenvalue weighted by Crippen LogP contribution is 2.02. The average Bonchev–Trinajstić information content (AvgIpc) is 2.10. The van der Waals surface area contributed by atoms with E-state index < -0.39 is 0 Å². The Morgan fingerprint density at radius 2 is 1.92 bits per heavy atom. The second-order valence-corrected chi connectivity index (χ2v) is 2.33. The number of rotatable bonds is 1. The predicted molar refractivity (Wildman–Crippen MR) is 47.9 cm³/mol. The first-order valence-electron chi connectivity index (χ1n) is 3.68. The van der Waals surface area contributed by atoms with Gasteiger partial charge in [-0.15, -0.1) is 0 Å².